The second kappa shape index (κ2) is 4.04. The number of ketones is 1. The Morgan fingerprint density at radius 1 is 1.67 bits per heavy atom. The standard InChI is InChI=1S/C10H19NO/c1-4-5-7(2)10(12)9-6-8(3)11-9/h7-9,11H,4-6H2,1-3H3. The van der Waals surface area contributed by atoms with Gasteiger partial charge in [-0.15, -0.1) is 0 Å². The highest BCUT2D eigenvalue weighted by Gasteiger charge is 2.32. The molecule has 0 amide bonds. The molecule has 3 unspecified atom stereocenters. The lowest BCUT2D eigenvalue weighted by atomic mass is 9.87. The number of hydrogen-bond acceptors (Lipinski definition) is 2. The van der Waals surface area contributed by atoms with E-state index in [9.17, 15) is 4.79 Å². The van der Waals surface area contributed by atoms with E-state index in [1.807, 2.05) is 6.92 Å². The van der Waals surface area contributed by atoms with E-state index in [1.54, 1.807) is 0 Å². The Balaban J connectivity index is 2.28. The first-order valence-electron chi connectivity index (χ1n) is 4.95. The number of hydrogen-bond donors (Lipinski definition) is 1. The molecule has 0 spiro atoms. The Labute approximate surface area is 74.7 Å². The van der Waals surface area contributed by atoms with Gasteiger partial charge < -0.3 is 5.32 Å². The van der Waals surface area contributed by atoms with Crippen LogP contribution in [0.4, 0.5) is 0 Å². The third kappa shape index (κ3) is 2.07. The molecule has 1 aliphatic heterocycles. The second-order valence-electron chi connectivity index (χ2n) is 3.95. The molecule has 1 rings (SSSR count). The van der Waals surface area contributed by atoms with Crippen LogP contribution >= 0.6 is 0 Å². The molecule has 12 heavy (non-hydrogen) atoms. The first-order valence-corrected chi connectivity index (χ1v) is 4.95. The zero-order valence-electron chi connectivity index (χ0n) is 8.26. The monoisotopic (exact) mass is 169 g/mol. The number of Topliss-reactive ketones (excluding diaryl/α,β-unsaturated/α-hetero) is 1. The summed E-state index contributed by atoms with van der Waals surface area (Å²) in [5.41, 5.74) is 0. The van der Waals surface area contributed by atoms with Gasteiger partial charge in [0, 0.05) is 12.0 Å². The lowest BCUT2D eigenvalue weighted by Crippen LogP contribution is -2.56. The molecule has 0 bridgehead atoms. The Morgan fingerprint density at radius 3 is 2.67 bits per heavy atom. The fourth-order valence-corrected chi connectivity index (χ4v) is 1.79. The van der Waals surface area contributed by atoms with E-state index in [-0.39, 0.29) is 12.0 Å². The Hall–Kier alpha value is -0.370. The summed E-state index contributed by atoms with van der Waals surface area (Å²) in [6.45, 7) is 6.28. The van der Waals surface area contributed by atoms with Gasteiger partial charge in [0.05, 0.1) is 6.04 Å². The molecule has 0 aromatic heterocycles. The van der Waals surface area contributed by atoms with Crippen molar-refractivity contribution in [2.24, 2.45) is 5.92 Å². The summed E-state index contributed by atoms with van der Waals surface area (Å²) < 4.78 is 0. The van der Waals surface area contributed by atoms with Gasteiger partial charge in [-0.05, 0) is 19.8 Å². The zero-order valence-corrected chi connectivity index (χ0v) is 8.26. The highest BCUT2D eigenvalue weighted by atomic mass is 16.1. The summed E-state index contributed by atoms with van der Waals surface area (Å²) in [6, 6.07) is 0.717. The van der Waals surface area contributed by atoms with E-state index < -0.39 is 0 Å². The quantitative estimate of drug-likeness (QED) is 0.694. The molecular formula is C10H19NO. The van der Waals surface area contributed by atoms with Crippen molar-refractivity contribution in [3.05, 3.63) is 0 Å². The molecule has 70 valence electrons. The van der Waals surface area contributed by atoms with Crippen LogP contribution in [0.3, 0.4) is 0 Å². The van der Waals surface area contributed by atoms with E-state index in [0.29, 0.717) is 11.8 Å². The number of nitrogens with one attached hydrogen (secondary N) is 1. The molecule has 0 aromatic rings. The van der Waals surface area contributed by atoms with E-state index >= 15 is 0 Å². The number of carbonyl (C=O) groups excluding carboxylic acids is 1. The maximum absolute atomic E-state index is 11.6. The summed E-state index contributed by atoms with van der Waals surface area (Å²) in [4.78, 5) is 11.6. The van der Waals surface area contributed by atoms with E-state index in [1.165, 1.54) is 0 Å². The van der Waals surface area contributed by atoms with Crippen molar-refractivity contribution in [3.63, 3.8) is 0 Å². The molecule has 3 atom stereocenters. The third-order valence-corrected chi connectivity index (χ3v) is 2.63. The lowest BCUT2D eigenvalue weighted by Gasteiger charge is -2.35. The molecule has 0 aliphatic carbocycles. The van der Waals surface area contributed by atoms with Crippen LogP contribution in [-0.4, -0.2) is 17.9 Å². The minimum absolute atomic E-state index is 0.168. The Kier molecular flexibility index (Phi) is 3.27. The molecule has 0 radical (unpaired) electrons. The first-order chi connectivity index (χ1) is 5.65. The highest BCUT2D eigenvalue weighted by molar-refractivity contribution is 5.86. The zero-order chi connectivity index (χ0) is 9.14. The third-order valence-electron chi connectivity index (χ3n) is 2.63. The Bertz CT molecular complexity index is 154. The molecule has 1 aliphatic rings. The fraction of sp³-hybridized carbons (Fsp3) is 0.900. The van der Waals surface area contributed by atoms with Crippen molar-refractivity contribution < 1.29 is 4.79 Å². The molecule has 0 saturated carbocycles. The molecular weight excluding hydrogens is 150 g/mol. The van der Waals surface area contributed by atoms with Crippen molar-refractivity contribution >= 4 is 5.78 Å². The fourth-order valence-electron chi connectivity index (χ4n) is 1.79. The first kappa shape index (κ1) is 9.72. The van der Waals surface area contributed by atoms with Crippen LogP contribution in [-0.2, 0) is 4.79 Å². The molecule has 1 N–H and O–H groups in total. The normalized spacial score (nSPS) is 30.9. The van der Waals surface area contributed by atoms with Gasteiger partial charge >= 0.3 is 0 Å². The van der Waals surface area contributed by atoms with E-state index in [0.717, 1.165) is 19.3 Å². The predicted octanol–water partition coefficient (Wildman–Crippen LogP) is 1.74. The Morgan fingerprint density at radius 2 is 2.25 bits per heavy atom. The largest absolute Gasteiger partial charge is 0.305 e. The minimum atomic E-state index is 0.168. The van der Waals surface area contributed by atoms with Crippen LogP contribution in [0.2, 0.25) is 0 Å². The van der Waals surface area contributed by atoms with Crippen LogP contribution in [0.5, 0.6) is 0 Å². The van der Waals surface area contributed by atoms with Gasteiger partial charge in [-0.2, -0.15) is 0 Å². The van der Waals surface area contributed by atoms with Crippen molar-refractivity contribution in [2.45, 2.75) is 52.1 Å². The molecule has 0 aromatic carbocycles. The molecule has 1 heterocycles. The van der Waals surface area contributed by atoms with Crippen molar-refractivity contribution in [2.75, 3.05) is 0 Å². The average Bonchev–Trinajstić information content (AvgIpc) is 1.98. The summed E-state index contributed by atoms with van der Waals surface area (Å²) in [5.74, 6) is 0.662. The molecule has 2 heteroatoms. The lowest BCUT2D eigenvalue weighted by molar-refractivity contribution is -0.127. The van der Waals surface area contributed by atoms with Gasteiger partial charge in [0.15, 0.2) is 5.78 Å². The maximum atomic E-state index is 11.6. The van der Waals surface area contributed by atoms with Crippen LogP contribution in [0.15, 0.2) is 0 Å². The van der Waals surface area contributed by atoms with Gasteiger partial charge in [0.25, 0.3) is 0 Å². The summed E-state index contributed by atoms with van der Waals surface area (Å²) >= 11 is 0. The SMILES string of the molecule is CCCC(C)C(=O)C1CC(C)N1. The highest BCUT2D eigenvalue weighted by Crippen LogP contribution is 2.18. The van der Waals surface area contributed by atoms with Crippen molar-refractivity contribution in [1.29, 1.82) is 0 Å². The van der Waals surface area contributed by atoms with E-state index in [2.05, 4.69) is 19.2 Å². The smallest absolute Gasteiger partial charge is 0.152 e. The van der Waals surface area contributed by atoms with Gasteiger partial charge in [0.1, 0.15) is 0 Å². The van der Waals surface area contributed by atoms with E-state index in [4.69, 9.17) is 0 Å². The summed E-state index contributed by atoms with van der Waals surface area (Å²) in [7, 11) is 0. The maximum Gasteiger partial charge on any atom is 0.152 e. The number of carbonyl (C=O) groups is 1. The van der Waals surface area contributed by atoms with Crippen LogP contribution < -0.4 is 5.32 Å². The second-order valence-corrected chi connectivity index (χ2v) is 3.95. The van der Waals surface area contributed by atoms with Crippen LogP contribution in [0.25, 0.3) is 0 Å². The number of rotatable bonds is 4. The molecule has 1 saturated heterocycles. The van der Waals surface area contributed by atoms with Crippen molar-refractivity contribution in [1.82, 2.24) is 5.32 Å². The van der Waals surface area contributed by atoms with Crippen molar-refractivity contribution in [3.8, 4) is 0 Å². The van der Waals surface area contributed by atoms with Gasteiger partial charge in [-0.3, -0.25) is 4.79 Å². The van der Waals surface area contributed by atoms with Gasteiger partial charge in [-0.1, -0.05) is 20.3 Å². The summed E-state index contributed by atoms with van der Waals surface area (Å²) in [5, 5.41) is 3.23. The minimum Gasteiger partial charge on any atom is -0.305 e. The average molecular weight is 169 g/mol. The van der Waals surface area contributed by atoms with Gasteiger partial charge in [-0.25, -0.2) is 0 Å². The van der Waals surface area contributed by atoms with Crippen LogP contribution in [0.1, 0.15) is 40.0 Å². The topological polar surface area (TPSA) is 29.1 Å². The van der Waals surface area contributed by atoms with Crippen LogP contribution in [0, 0.1) is 5.92 Å². The molecule has 1 fully saturated rings. The van der Waals surface area contributed by atoms with Gasteiger partial charge in [0.2, 0.25) is 0 Å². The predicted molar refractivity (Wildman–Crippen MR) is 50.1 cm³/mol. The molecule has 2 nitrogen and oxygen atoms in total. The summed E-state index contributed by atoms with van der Waals surface area (Å²) in [6.07, 6.45) is 3.17.